The quantitative estimate of drug-likeness (QED) is 0.498. The molecular weight excluding hydrogens is 159 g/mol. The molecule has 0 aliphatic heterocycles. The van der Waals surface area contributed by atoms with Crippen LogP contribution in [0.15, 0.2) is 24.3 Å². The topological polar surface area (TPSA) is 17.1 Å². The number of hydrogen-bond acceptors (Lipinski definition) is 1. The normalized spacial score (nSPS) is 22.7. The highest BCUT2D eigenvalue weighted by atomic mass is 35.5. The lowest BCUT2D eigenvalue weighted by atomic mass is 10.1. The number of rotatable bonds is 0. The summed E-state index contributed by atoms with van der Waals surface area (Å²) in [6, 6.07) is 0. The van der Waals surface area contributed by atoms with Crippen LogP contribution in [0.25, 0.3) is 0 Å². The van der Waals surface area contributed by atoms with Crippen LogP contribution in [0.1, 0.15) is 0 Å². The Balaban J connectivity index is 2.91. The van der Waals surface area contributed by atoms with Crippen molar-refractivity contribution in [2.24, 2.45) is 0 Å². The maximum Gasteiger partial charge on any atom is 0.198 e. The number of hydrogen-bond donors (Lipinski definition) is 0. The van der Waals surface area contributed by atoms with E-state index in [0.717, 1.165) is 0 Å². The SMILES string of the molecule is O=C1C=CC=CC1(Cl)Cl. The fraction of sp³-hybridized carbons (Fsp3) is 0.167. The van der Waals surface area contributed by atoms with Gasteiger partial charge in [-0.2, -0.15) is 0 Å². The van der Waals surface area contributed by atoms with Crippen molar-refractivity contribution in [3.8, 4) is 0 Å². The first-order chi connectivity index (χ1) is 4.13. The van der Waals surface area contributed by atoms with E-state index in [4.69, 9.17) is 23.2 Å². The van der Waals surface area contributed by atoms with Crippen molar-refractivity contribution >= 4 is 29.0 Å². The molecule has 9 heavy (non-hydrogen) atoms. The van der Waals surface area contributed by atoms with E-state index in [1.807, 2.05) is 0 Å². The maximum absolute atomic E-state index is 10.7. The Labute approximate surface area is 62.9 Å². The second-order valence-corrected chi connectivity index (χ2v) is 3.09. The molecule has 0 bridgehead atoms. The molecule has 0 unspecified atom stereocenters. The molecule has 0 aromatic carbocycles. The average Bonchev–Trinajstić information content (AvgIpc) is 1.77. The van der Waals surface area contributed by atoms with E-state index in [1.165, 1.54) is 12.2 Å². The predicted octanol–water partition coefficient (Wildman–Crippen LogP) is 1.86. The number of halogens is 2. The molecule has 1 aliphatic carbocycles. The Morgan fingerprint density at radius 3 is 2.33 bits per heavy atom. The van der Waals surface area contributed by atoms with Gasteiger partial charge in [-0.3, -0.25) is 4.79 Å². The van der Waals surface area contributed by atoms with Crippen LogP contribution in [0.2, 0.25) is 0 Å². The van der Waals surface area contributed by atoms with E-state index in [1.54, 1.807) is 12.2 Å². The van der Waals surface area contributed by atoms with E-state index in [9.17, 15) is 4.79 Å². The zero-order valence-electron chi connectivity index (χ0n) is 4.47. The molecule has 3 heteroatoms. The van der Waals surface area contributed by atoms with E-state index in [2.05, 4.69) is 0 Å². The Morgan fingerprint density at radius 1 is 1.33 bits per heavy atom. The van der Waals surface area contributed by atoms with E-state index in [0.29, 0.717) is 0 Å². The third kappa shape index (κ3) is 1.35. The van der Waals surface area contributed by atoms with Crippen molar-refractivity contribution in [3.63, 3.8) is 0 Å². The minimum atomic E-state index is -1.32. The molecular formula is C6H4Cl2O. The molecule has 0 radical (unpaired) electrons. The molecule has 0 aromatic heterocycles. The molecule has 1 nitrogen and oxygen atoms in total. The molecule has 0 fully saturated rings. The molecule has 0 heterocycles. The molecule has 1 rings (SSSR count). The van der Waals surface area contributed by atoms with Crippen LogP contribution >= 0.6 is 23.2 Å². The van der Waals surface area contributed by atoms with Gasteiger partial charge in [-0.05, 0) is 12.2 Å². The number of carbonyl (C=O) groups excluding carboxylic acids is 1. The Morgan fingerprint density at radius 2 is 2.00 bits per heavy atom. The monoisotopic (exact) mass is 162 g/mol. The third-order valence-electron chi connectivity index (χ3n) is 0.993. The highest BCUT2D eigenvalue weighted by Crippen LogP contribution is 2.26. The Hall–Kier alpha value is -0.270. The number of allylic oxidation sites excluding steroid dienone is 4. The molecule has 0 atom stereocenters. The fourth-order valence-corrected chi connectivity index (χ4v) is 0.784. The van der Waals surface area contributed by atoms with Gasteiger partial charge in [0, 0.05) is 0 Å². The minimum Gasteiger partial charge on any atom is -0.291 e. The van der Waals surface area contributed by atoms with Crippen molar-refractivity contribution in [1.82, 2.24) is 0 Å². The van der Waals surface area contributed by atoms with E-state index >= 15 is 0 Å². The van der Waals surface area contributed by atoms with Crippen molar-refractivity contribution in [3.05, 3.63) is 24.3 Å². The second-order valence-electron chi connectivity index (χ2n) is 1.71. The van der Waals surface area contributed by atoms with Gasteiger partial charge in [-0.1, -0.05) is 35.4 Å². The van der Waals surface area contributed by atoms with Gasteiger partial charge in [0.25, 0.3) is 0 Å². The second kappa shape index (κ2) is 2.16. The fourth-order valence-electron chi connectivity index (χ4n) is 0.513. The molecule has 48 valence electrons. The summed E-state index contributed by atoms with van der Waals surface area (Å²) in [7, 11) is 0. The maximum atomic E-state index is 10.7. The standard InChI is InChI=1S/C6H4Cl2O/c7-6(8)4-2-1-3-5(6)9/h1-4H. The summed E-state index contributed by atoms with van der Waals surface area (Å²) in [5, 5.41) is 0. The van der Waals surface area contributed by atoms with Gasteiger partial charge >= 0.3 is 0 Å². The smallest absolute Gasteiger partial charge is 0.198 e. The van der Waals surface area contributed by atoms with Crippen LogP contribution in [0.4, 0.5) is 0 Å². The van der Waals surface area contributed by atoms with Gasteiger partial charge in [0.1, 0.15) is 0 Å². The number of alkyl halides is 2. The summed E-state index contributed by atoms with van der Waals surface area (Å²) in [5.74, 6) is -0.284. The largest absolute Gasteiger partial charge is 0.291 e. The predicted molar refractivity (Wildman–Crippen MR) is 37.7 cm³/mol. The summed E-state index contributed by atoms with van der Waals surface area (Å²) in [5.41, 5.74) is 0. The van der Waals surface area contributed by atoms with Gasteiger partial charge < -0.3 is 0 Å². The Bertz CT molecular complexity index is 191. The van der Waals surface area contributed by atoms with Crippen LogP contribution < -0.4 is 0 Å². The molecule has 0 aromatic rings. The zero-order chi connectivity index (χ0) is 6.91. The molecule has 0 amide bonds. The Kier molecular flexibility index (Phi) is 1.64. The van der Waals surface area contributed by atoms with Crippen LogP contribution in [0, 0.1) is 0 Å². The zero-order valence-corrected chi connectivity index (χ0v) is 5.99. The van der Waals surface area contributed by atoms with Gasteiger partial charge in [-0.15, -0.1) is 0 Å². The molecule has 1 aliphatic rings. The first-order valence-corrected chi connectivity index (χ1v) is 3.17. The van der Waals surface area contributed by atoms with Crippen LogP contribution in [0.3, 0.4) is 0 Å². The van der Waals surface area contributed by atoms with Crippen molar-refractivity contribution in [2.75, 3.05) is 0 Å². The lowest BCUT2D eigenvalue weighted by Gasteiger charge is -2.11. The summed E-state index contributed by atoms with van der Waals surface area (Å²) in [4.78, 5) is 10.7. The summed E-state index contributed by atoms with van der Waals surface area (Å²) < 4.78 is -1.32. The summed E-state index contributed by atoms with van der Waals surface area (Å²) in [6.45, 7) is 0. The van der Waals surface area contributed by atoms with Gasteiger partial charge in [0.15, 0.2) is 10.1 Å². The van der Waals surface area contributed by atoms with Crippen LogP contribution in [-0.2, 0) is 4.79 Å². The average molecular weight is 163 g/mol. The molecule has 0 N–H and O–H groups in total. The van der Waals surface area contributed by atoms with E-state index in [-0.39, 0.29) is 5.78 Å². The van der Waals surface area contributed by atoms with Crippen molar-refractivity contribution < 1.29 is 4.79 Å². The van der Waals surface area contributed by atoms with Crippen molar-refractivity contribution in [2.45, 2.75) is 4.33 Å². The lowest BCUT2D eigenvalue weighted by Crippen LogP contribution is -2.22. The third-order valence-corrected chi connectivity index (χ3v) is 1.62. The highest BCUT2D eigenvalue weighted by Gasteiger charge is 2.29. The van der Waals surface area contributed by atoms with Crippen molar-refractivity contribution in [1.29, 1.82) is 0 Å². The highest BCUT2D eigenvalue weighted by molar-refractivity contribution is 6.61. The first-order valence-electron chi connectivity index (χ1n) is 2.41. The first kappa shape index (κ1) is 6.84. The molecule has 0 spiro atoms. The van der Waals surface area contributed by atoms with Gasteiger partial charge in [0.05, 0.1) is 0 Å². The van der Waals surface area contributed by atoms with Gasteiger partial charge in [-0.25, -0.2) is 0 Å². The van der Waals surface area contributed by atoms with E-state index < -0.39 is 4.33 Å². The summed E-state index contributed by atoms with van der Waals surface area (Å²) >= 11 is 11.0. The lowest BCUT2D eigenvalue weighted by molar-refractivity contribution is -0.114. The van der Waals surface area contributed by atoms with Crippen LogP contribution in [0.5, 0.6) is 0 Å². The van der Waals surface area contributed by atoms with Crippen LogP contribution in [-0.4, -0.2) is 10.1 Å². The number of ketones is 1. The summed E-state index contributed by atoms with van der Waals surface area (Å²) in [6.07, 6.45) is 6.03. The molecule has 0 saturated heterocycles. The number of carbonyl (C=O) groups is 1. The molecule has 0 saturated carbocycles. The minimum absolute atomic E-state index is 0.284. The van der Waals surface area contributed by atoms with Gasteiger partial charge in [0.2, 0.25) is 0 Å².